The van der Waals surface area contributed by atoms with Crippen LogP contribution in [0.5, 0.6) is 0 Å². The first-order chi connectivity index (χ1) is 9.93. The zero-order valence-electron chi connectivity index (χ0n) is 11.6. The van der Waals surface area contributed by atoms with Gasteiger partial charge in [0.1, 0.15) is 6.07 Å². The molecule has 0 atom stereocenters. The molecule has 0 fully saturated rings. The highest BCUT2D eigenvalue weighted by Gasteiger charge is 2.08. The first kappa shape index (κ1) is 14.9. The van der Waals surface area contributed by atoms with Gasteiger partial charge < -0.3 is 9.88 Å². The maximum Gasteiger partial charge on any atom is 0.330 e. The summed E-state index contributed by atoms with van der Waals surface area (Å²) in [5, 5.41) is 12.5. The first-order valence-corrected chi connectivity index (χ1v) is 6.51. The lowest BCUT2D eigenvalue weighted by Gasteiger charge is -2.10. The standard InChI is InChI=1S/C14H13ClN4O2/c1-18-8-10(13(20)19(2)14(18)21)7-17-12-5-11(15)4-3-9(12)6-16/h3-5,8,17H,7H2,1-2H3. The van der Waals surface area contributed by atoms with E-state index in [-0.39, 0.29) is 17.8 Å². The normalized spacial score (nSPS) is 10.2. The highest BCUT2D eigenvalue weighted by atomic mass is 35.5. The molecule has 1 aromatic carbocycles. The van der Waals surface area contributed by atoms with Crippen molar-refractivity contribution in [3.05, 3.63) is 61.4 Å². The molecule has 0 saturated heterocycles. The number of halogens is 1. The molecule has 6 nitrogen and oxygen atoms in total. The van der Waals surface area contributed by atoms with Gasteiger partial charge in [-0.05, 0) is 18.2 Å². The number of hydrogen-bond donors (Lipinski definition) is 1. The summed E-state index contributed by atoms with van der Waals surface area (Å²) in [5.41, 5.74) is 0.640. The van der Waals surface area contributed by atoms with Crippen LogP contribution in [0, 0.1) is 11.3 Å². The highest BCUT2D eigenvalue weighted by Crippen LogP contribution is 2.20. The highest BCUT2D eigenvalue weighted by molar-refractivity contribution is 6.30. The van der Waals surface area contributed by atoms with Gasteiger partial charge in [-0.3, -0.25) is 9.36 Å². The average molecular weight is 305 g/mol. The van der Waals surface area contributed by atoms with E-state index < -0.39 is 0 Å². The number of anilines is 1. The summed E-state index contributed by atoms with van der Waals surface area (Å²) in [6, 6.07) is 6.89. The van der Waals surface area contributed by atoms with Crippen LogP contribution in [0.15, 0.2) is 34.0 Å². The average Bonchev–Trinajstić information content (AvgIpc) is 2.47. The second-order valence-electron chi connectivity index (χ2n) is 4.57. The van der Waals surface area contributed by atoms with E-state index in [2.05, 4.69) is 5.32 Å². The largest absolute Gasteiger partial charge is 0.380 e. The lowest BCUT2D eigenvalue weighted by Crippen LogP contribution is -2.38. The molecule has 2 rings (SSSR count). The van der Waals surface area contributed by atoms with E-state index >= 15 is 0 Å². The molecule has 0 spiro atoms. The number of nitrogens with zero attached hydrogens (tertiary/aromatic N) is 3. The lowest BCUT2D eigenvalue weighted by molar-refractivity contribution is 0.671. The Morgan fingerprint density at radius 1 is 1.33 bits per heavy atom. The maximum absolute atomic E-state index is 12.0. The van der Waals surface area contributed by atoms with Crippen molar-refractivity contribution in [2.24, 2.45) is 14.1 Å². The molecule has 0 radical (unpaired) electrons. The molecule has 108 valence electrons. The third-order valence-electron chi connectivity index (χ3n) is 3.09. The van der Waals surface area contributed by atoms with Crippen LogP contribution < -0.4 is 16.6 Å². The van der Waals surface area contributed by atoms with Crippen LogP contribution >= 0.6 is 11.6 Å². The van der Waals surface area contributed by atoms with Gasteiger partial charge in [-0.2, -0.15) is 5.26 Å². The van der Waals surface area contributed by atoms with Crippen LogP contribution in [0.1, 0.15) is 11.1 Å². The Kier molecular flexibility index (Phi) is 4.15. The van der Waals surface area contributed by atoms with Crippen LogP contribution in [-0.4, -0.2) is 9.13 Å². The van der Waals surface area contributed by atoms with Crippen molar-refractivity contribution in [3.63, 3.8) is 0 Å². The van der Waals surface area contributed by atoms with E-state index in [4.69, 9.17) is 16.9 Å². The van der Waals surface area contributed by atoms with E-state index in [9.17, 15) is 9.59 Å². The minimum absolute atomic E-state index is 0.190. The Labute approximate surface area is 125 Å². The third-order valence-corrected chi connectivity index (χ3v) is 3.32. The van der Waals surface area contributed by atoms with Crippen LogP contribution in [0.3, 0.4) is 0 Å². The summed E-state index contributed by atoms with van der Waals surface area (Å²) in [4.78, 5) is 23.6. The van der Waals surface area contributed by atoms with Gasteiger partial charge in [-0.15, -0.1) is 0 Å². The number of benzene rings is 1. The monoisotopic (exact) mass is 304 g/mol. The first-order valence-electron chi connectivity index (χ1n) is 6.13. The van der Waals surface area contributed by atoms with Gasteiger partial charge in [0, 0.05) is 31.9 Å². The maximum atomic E-state index is 12.0. The summed E-state index contributed by atoms with van der Waals surface area (Å²) < 4.78 is 2.38. The summed E-state index contributed by atoms with van der Waals surface area (Å²) >= 11 is 5.90. The molecule has 1 N–H and O–H groups in total. The summed E-state index contributed by atoms with van der Waals surface area (Å²) in [6.45, 7) is 0.190. The zero-order chi connectivity index (χ0) is 15.6. The number of nitriles is 1. The van der Waals surface area contributed by atoms with Gasteiger partial charge in [-0.25, -0.2) is 4.79 Å². The summed E-state index contributed by atoms with van der Waals surface area (Å²) in [6.07, 6.45) is 1.48. The smallest absolute Gasteiger partial charge is 0.330 e. The molecule has 1 aromatic heterocycles. The Hall–Kier alpha value is -2.52. The molecule has 21 heavy (non-hydrogen) atoms. The van der Waals surface area contributed by atoms with Crippen LogP contribution in [0.2, 0.25) is 5.02 Å². The molecule has 0 amide bonds. The van der Waals surface area contributed by atoms with Gasteiger partial charge in [0.05, 0.1) is 16.8 Å². The molecule has 0 saturated carbocycles. The molecular weight excluding hydrogens is 292 g/mol. The SMILES string of the molecule is Cn1cc(CNc2cc(Cl)ccc2C#N)c(=O)n(C)c1=O. The predicted molar refractivity (Wildman–Crippen MR) is 80.4 cm³/mol. The number of nitrogens with one attached hydrogen (secondary N) is 1. The molecular formula is C14H13ClN4O2. The van der Waals surface area contributed by atoms with Crippen molar-refractivity contribution in [3.8, 4) is 6.07 Å². The van der Waals surface area contributed by atoms with E-state index in [1.165, 1.54) is 17.8 Å². The molecule has 1 heterocycles. The Bertz CT molecular complexity index is 846. The molecule has 0 bridgehead atoms. The van der Waals surface area contributed by atoms with Crippen molar-refractivity contribution in [2.45, 2.75) is 6.54 Å². The van der Waals surface area contributed by atoms with Crippen LogP contribution in [0.25, 0.3) is 0 Å². The third kappa shape index (κ3) is 2.98. The fourth-order valence-corrected chi connectivity index (χ4v) is 2.13. The van der Waals surface area contributed by atoms with Gasteiger partial charge >= 0.3 is 5.69 Å². The lowest BCUT2D eigenvalue weighted by atomic mass is 10.2. The fraction of sp³-hybridized carbons (Fsp3) is 0.214. The number of hydrogen-bond acceptors (Lipinski definition) is 4. The molecule has 0 aliphatic carbocycles. The molecule has 7 heteroatoms. The second kappa shape index (κ2) is 5.85. The van der Waals surface area contributed by atoms with Gasteiger partial charge in [0.15, 0.2) is 0 Å². The van der Waals surface area contributed by atoms with E-state index in [0.29, 0.717) is 21.8 Å². The number of aryl methyl sites for hydroxylation is 1. The Balaban J connectivity index is 2.34. The van der Waals surface area contributed by atoms with E-state index in [1.807, 2.05) is 6.07 Å². The summed E-state index contributed by atoms with van der Waals surface area (Å²) in [7, 11) is 3.00. The van der Waals surface area contributed by atoms with Crippen molar-refractivity contribution in [1.82, 2.24) is 9.13 Å². The molecule has 0 aliphatic rings. The predicted octanol–water partition coefficient (Wildman–Crippen LogP) is 1.22. The quantitative estimate of drug-likeness (QED) is 0.924. The van der Waals surface area contributed by atoms with Gasteiger partial charge in [0.25, 0.3) is 5.56 Å². The number of rotatable bonds is 3. The Morgan fingerprint density at radius 3 is 2.71 bits per heavy atom. The minimum atomic E-state index is -0.385. The Morgan fingerprint density at radius 2 is 2.05 bits per heavy atom. The fourth-order valence-electron chi connectivity index (χ4n) is 1.96. The van der Waals surface area contributed by atoms with Crippen molar-refractivity contribution < 1.29 is 0 Å². The zero-order valence-corrected chi connectivity index (χ0v) is 12.3. The molecule has 2 aromatic rings. The number of aromatic nitrogens is 2. The van der Waals surface area contributed by atoms with Crippen molar-refractivity contribution in [2.75, 3.05) is 5.32 Å². The van der Waals surface area contributed by atoms with E-state index in [0.717, 1.165) is 4.57 Å². The summed E-state index contributed by atoms with van der Waals surface area (Å²) in [5.74, 6) is 0. The molecule has 0 aliphatic heterocycles. The van der Waals surface area contributed by atoms with Gasteiger partial charge in [0.2, 0.25) is 0 Å². The van der Waals surface area contributed by atoms with Crippen molar-refractivity contribution in [1.29, 1.82) is 5.26 Å². The van der Waals surface area contributed by atoms with Crippen LogP contribution in [-0.2, 0) is 20.6 Å². The van der Waals surface area contributed by atoms with Crippen LogP contribution in [0.4, 0.5) is 5.69 Å². The molecule has 0 unspecified atom stereocenters. The van der Waals surface area contributed by atoms with Crippen molar-refractivity contribution >= 4 is 17.3 Å². The minimum Gasteiger partial charge on any atom is -0.380 e. The van der Waals surface area contributed by atoms with Gasteiger partial charge in [-0.1, -0.05) is 11.6 Å². The van der Waals surface area contributed by atoms with E-state index in [1.54, 1.807) is 25.2 Å². The topological polar surface area (TPSA) is 79.8 Å². The second-order valence-corrected chi connectivity index (χ2v) is 5.00.